The lowest BCUT2D eigenvalue weighted by atomic mass is 10.1. The number of hydrogen-bond acceptors (Lipinski definition) is 4. The van der Waals surface area contributed by atoms with Crippen molar-refractivity contribution in [3.05, 3.63) is 65.5 Å². The fraction of sp³-hybridized carbons (Fsp3) is 0.211. The first-order valence-corrected chi connectivity index (χ1v) is 7.99. The topological polar surface area (TPSA) is 71.3 Å². The molecule has 3 aromatic rings. The fourth-order valence-electron chi connectivity index (χ4n) is 2.36. The predicted molar refractivity (Wildman–Crippen MR) is 96.1 cm³/mol. The Bertz CT molecular complexity index is 871. The Morgan fingerprint density at radius 1 is 1.12 bits per heavy atom. The molecule has 6 heteroatoms. The molecule has 1 aromatic heterocycles. The fourth-order valence-corrected chi connectivity index (χ4v) is 2.36. The summed E-state index contributed by atoms with van der Waals surface area (Å²) in [5, 5.41) is 6.82. The lowest BCUT2D eigenvalue weighted by molar-refractivity contribution is 0.213. The van der Waals surface area contributed by atoms with Crippen molar-refractivity contribution in [2.24, 2.45) is 0 Å². The molecule has 0 saturated carbocycles. The van der Waals surface area contributed by atoms with E-state index >= 15 is 0 Å². The minimum Gasteiger partial charge on any atom is -0.337 e. The number of aromatic nitrogens is 2. The number of aryl methyl sites for hydroxylation is 2. The third kappa shape index (κ3) is 4.23. The number of carbonyl (C=O) groups is 1. The first-order chi connectivity index (χ1) is 12.0. The zero-order chi connectivity index (χ0) is 17.8. The second-order valence-electron chi connectivity index (χ2n) is 6.03. The van der Waals surface area contributed by atoms with Gasteiger partial charge in [0, 0.05) is 18.3 Å². The van der Waals surface area contributed by atoms with Crippen molar-refractivity contribution >= 4 is 11.7 Å². The molecule has 6 nitrogen and oxygen atoms in total. The van der Waals surface area contributed by atoms with Gasteiger partial charge in [-0.15, -0.1) is 0 Å². The summed E-state index contributed by atoms with van der Waals surface area (Å²) in [4.78, 5) is 18.1. The second-order valence-corrected chi connectivity index (χ2v) is 6.03. The highest BCUT2D eigenvalue weighted by atomic mass is 16.5. The van der Waals surface area contributed by atoms with Gasteiger partial charge in [-0.05, 0) is 31.5 Å². The van der Waals surface area contributed by atoms with Crippen molar-refractivity contribution in [2.75, 3.05) is 12.4 Å². The summed E-state index contributed by atoms with van der Waals surface area (Å²) < 4.78 is 5.26. The molecule has 0 saturated heterocycles. The number of benzene rings is 2. The second kappa shape index (κ2) is 7.17. The van der Waals surface area contributed by atoms with Crippen LogP contribution in [-0.4, -0.2) is 28.1 Å². The third-order valence-corrected chi connectivity index (χ3v) is 3.77. The van der Waals surface area contributed by atoms with Crippen LogP contribution in [0.5, 0.6) is 0 Å². The van der Waals surface area contributed by atoms with E-state index in [1.165, 1.54) is 10.5 Å². The van der Waals surface area contributed by atoms with Crippen molar-refractivity contribution in [3.63, 3.8) is 0 Å². The molecular weight excluding hydrogens is 316 g/mol. The molecule has 0 aliphatic carbocycles. The predicted octanol–water partition coefficient (Wildman–Crippen LogP) is 4.02. The van der Waals surface area contributed by atoms with Crippen LogP contribution >= 0.6 is 0 Å². The standard InChI is InChI=1S/C19H20N4O2/c1-13-7-9-15(10-8-13)18-21-17(25-22-18)12-23(3)19(24)20-16-6-4-5-14(2)11-16/h4-11H,12H2,1-3H3,(H,20,24). The molecule has 1 heterocycles. The van der Waals surface area contributed by atoms with Crippen LogP contribution in [0, 0.1) is 13.8 Å². The molecule has 3 rings (SSSR count). The molecule has 0 aliphatic rings. The first kappa shape index (κ1) is 16.7. The van der Waals surface area contributed by atoms with Crippen LogP contribution < -0.4 is 5.32 Å². The number of urea groups is 1. The van der Waals surface area contributed by atoms with E-state index in [-0.39, 0.29) is 12.6 Å². The van der Waals surface area contributed by atoms with Crippen LogP contribution in [0.4, 0.5) is 10.5 Å². The highest BCUT2D eigenvalue weighted by Gasteiger charge is 2.15. The number of rotatable bonds is 4. The van der Waals surface area contributed by atoms with Gasteiger partial charge >= 0.3 is 6.03 Å². The molecule has 1 N–H and O–H groups in total. The highest BCUT2D eigenvalue weighted by molar-refractivity contribution is 5.89. The van der Waals surface area contributed by atoms with Gasteiger partial charge in [-0.25, -0.2) is 4.79 Å². The normalized spacial score (nSPS) is 10.5. The van der Waals surface area contributed by atoms with Gasteiger partial charge in [0.05, 0.1) is 0 Å². The number of carbonyl (C=O) groups excluding carboxylic acids is 1. The largest absolute Gasteiger partial charge is 0.337 e. The summed E-state index contributed by atoms with van der Waals surface area (Å²) in [7, 11) is 1.68. The maximum absolute atomic E-state index is 12.3. The SMILES string of the molecule is Cc1ccc(-c2noc(CN(C)C(=O)Nc3cccc(C)c3)n2)cc1. The number of anilines is 1. The van der Waals surface area contributed by atoms with E-state index < -0.39 is 0 Å². The molecule has 0 aliphatic heterocycles. The Labute approximate surface area is 146 Å². The zero-order valence-electron chi connectivity index (χ0n) is 14.5. The van der Waals surface area contributed by atoms with Crippen molar-refractivity contribution < 1.29 is 9.32 Å². The van der Waals surface area contributed by atoms with E-state index in [4.69, 9.17) is 4.52 Å². The molecule has 0 fully saturated rings. The number of nitrogens with one attached hydrogen (secondary N) is 1. The van der Waals surface area contributed by atoms with Crippen molar-refractivity contribution in [1.82, 2.24) is 15.0 Å². The van der Waals surface area contributed by atoms with E-state index in [0.717, 1.165) is 16.8 Å². The van der Waals surface area contributed by atoms with Crippen molar-refractivity contribution in [1.29, 1.82) is 0 Å². The lowest BCUT2D eigenvalue weighted by Crippen LogP contribution is -2.30. The summed E-state index contributed by atoms with van der Waals surface area (Å²) in [6.45, 7) is 4.23. The van der Waals surface area contributed by atoms with Gasteiger partial charge in [0.1, 0.15) is 6.54 Å². The van der Waals surface area contributed by atoms with Crippen LogP contribution in [-0.2, 0) is 6.54 Å². The van der Waals surface area contributed by atoms with Gasteiger partial charge in [0.25, 0.3) is 0 Å². The number of nitrogens with zero attached hydrogens (tertiary/aromatic N) is 3. The first-order valence-electron chi connectivity index (χ1n) is 7.99. The summed E-state index contributed by atoms with van der Waals surface area (Å²) >= 11 is 0. The van der Waals surface area contributed by atoms with E-state index in [1.807, 2.05) is 62.4 Å². The van der Waals surface area contributed by atoms with E-state index in [2.05, 4.69) is 15.5 Å². The van der Waals surface area contributed by atoms with Gasteiger partial charge in [-0.1, -0.05) is 47.1 Å². The molecule has 2 aromatic carbocycles. The summed E-state index contributed by atoms with van der Waals surface area (Å²) in [5.74, 6) is 0.903. The van der Waals surface area contributed by atoms with E-state index in [0.29, 0.717) is 11.7 Å². The van der Waals surface area contributed by atoms with Gasteiger partial charge < -0.3 is 14.7 Å². The van der Waals surface area contributed by atoms with Gasteiger partial charge in [0.15, 0.2) is 0 Å². The molecule has 0 spiro atoms. The van der Waals surface area contributed by atoms with Crippen LogP contribution in [0.1, 0.15) is 17.0 Å². The Morgan fingerprint density at radius 3 is 2.60 bits per heavy atom. The number of hydrogen-bond donors (Lipinski definition) is 1. The van der Waals surface area contributed by atoms with Gasteiger partial charge in [-0.2, -0.15) is 4.98 Å². The van der Waals surface area contributed by atoms with E-state index in [1.54, 1.807) is 7.05 Å². The Balaban J connectivity index is 1.63. The summed E-state index contributed by atoms with van der Waals surface area (Å²) in [6.07, 6.45) is 0. The van der Waals surface area contributed by atoms with E-state index in [9.17, 15) is 4.79 Å². The minimum atomic E-state index is -0.235. The van der Waals surface area contributed by atoms with Gasteiger partial charge in [0.2, 0.25) is 11.7 Å². The van der Waals surface area contributed by atoms with Crippen LogP contribution in [0.2, 0.25) is 0 Å². The van der Waals surface area contributed by atoms with Crippen LogP contribution in [0.3, 0.4) is 0 Å². The van der Waals surface area contributed by atoms with Crippen LogP contribution in [0.15, 0.2) is 53.1 Å². The molecule has 25 heavy (non-hydrogen) atoms. The Hall–Kier alpha value is -3.15. The maximum Gasteiger partial charge on any atom is 0.322 e. The monoisotopic (exact) mass is 336 g/mol. The quantitative estimate of drug-likeness (QED) is 0.781. The molecule has 0 radical (unpaired) electrons. The zero-order valence-corrected chi connectivity index (χ0v) is 14.5. The maximum atomic E-state index is 12.3. The molecule has 0 bridgehead atoms. The molecule has 0 atom stereocenters. The minimum absolute atomic E-state index is 0.233. The Morgan fingerprint density at radius 2 is 1.88 bits per heavy atom. The smallest absolute Gasteiger partial charge is 0.322 e. The van der Waals surface area contributed by atoms with Crippen molar-refractivity contribution in [2.45, 2.75) is 20.4 Å². The summed E-state index contributed by atoms with van der Waals surface area (Å²) in [5.41, 5.74) is 3.88. The summed E-state index contributed by atoms with van der Waals surface area (Å²) in [6, 6.07) is 15.3. The van der Waals surface area contributed by atoms with Crippen LogP contribution in [0.25, 0.3) is 11.4 Å². The average Bonchev–Trinajstić information content (AvgIpc) is 3.04. The van der Waals surface area contributed by atoms with Gasteiger partial charge in [-0.3, -0.25) is 0 Å². The van der Waals surface area contributed by atoms with Crippen molar-refractivity contribution in [3.8, 4) is 11.4 Å². The average molecular weight is 336 g/mol. The lowest BCUT2D eigenvalue weighted by Gasteiger charge is -2.16. The highest BCUT2D eigenvalue weighted by Crippen LogP contribution is 2.17. The third-order valence-electron chi connectivity index (χ3n) is 3.77. The molecule has 128 valence electrons. The molecular formula is C19H20N4O2. The number of amides is 2. The Kier molecular flexibility index (Phi) is 4.79. The molecule has 2 amide bonds. The molecule has 0 unspecified atom stereocenters.